The number of nitriles is 1. The maximum Gasteiger partial charge on any atom is 0.408 e. The van der Waals surface area contributed by atoms with Crippen LogP contribution in [0.15, 0.2) is 89.0 Å². The molecule has 0 atom stereocenters. The zero-order chi connectivity index (χ0) is 66.6. The van der Waals surface area contributed by atoms with E-state index in [1.807, 2.05) is 98.8 Å². The highest BCUT2D eigenvalue weighted by molar-refractivity contribution is 5.82. The number of carbonyl (C=O) groups excluding carboxylic acids is 2. The Morgan fingerprint density at radius 3 is 1.41 bits per heavy atom. The van der Waals surface area contributed by atoms with Gasteiger partial charge in [-0.2, -0.15) is 59.2 Å². The number of halogens is 3. The van der Waals surface area contributed by atoms with E-state index in [9.17, 15) is 22.8 Å². The molecular formula is C46H97F3N28O6. The molecule has 37 heteroatoms. The van der Waals surface area contributed by atoms with E-state index in [4.69, 9.17) is 37.7 Å². The summed E-state index contributed by atoms with van der Waals surface area (Å²) in [6.07, 6.45) is 5.70. The van der Waals surface area contributed by atoms with Gasteiger partial charge in [0.2, 0.25) is 0 Å². The number of hydrogen-bond acceptors (Lipinski definition) is 23. The van der Waals surface area contributed by atoms with Crippen molar-refractivity contribution in [2.24, 2.45) is 78.4 Å². The number of nitrogens with two attached hydrogens (primary N) is 2. The molecule has 0 unspecified atom stereocenters. The molecule has 0 aliphatic heterocycles. The summed E-state index contributed by atoms with van der Waals surface area (Å²) < 4.78 is 39.0. The summed E-state index contributed by atoms with van der Waals surface area (Å²) in [5.74, 6) is 5.87. The van der Waals surface area contributed by atoms with Crippen LogP contribution in [0.2, 0.25) is 0 Å². The normalized spacial score (nSPS) is 9.58. The number of nitrogens with one attached hydrogen (secondary N) is 9. The average molecular weight is 1200 g/mol. The zero-order valence-electron chi connectivity index (χ0n) is 52.2. The molecule has 0 saturated heterocycles. The predicted molar refractivity (Wildman–Crippen MR) is 324 cm³/mol. The zero-order valence-corrected chi connectivity index (χ0v) is 52.2. The third kappa shape index (κ3) is 113. The van der Waals surface area contributed by atoms with Crippen LogP contribution in [0, 0.1) is 11.3 Å². The largest absolute Gasteiger partial charge is 0.409 e. The molecule has 4 amide bonds. The van der Waals surface area contributed by atoms with Gasteiger partial charge in [0.15, 0.2) is 5.69 Å². The summed E-state index contributed by atoms with van der Waals surface area (Å²) in [5.41, 5.74) is 24.3. The number of urea groups is 2. The Bertz CT molecular complexity index is 2190. The van der Waals surface area contributed by atoms with Gasteiger partial charge in [-0.3, -0.25) is 61.1 Å². The molecule has 0 aromatic carbocycles. The number of hydroxylamine groups is 3. The number of carbonyl (C=O) groups is 2. The summed E-state index contributed by atoms with van der Waals surface area (Å²) in [7, 11) is 11.9. The summed E-state index contributed by atoms with van der Waals surface area (Å²) in [5, 5.41) is 76.6. The minimum atomic E-state index is -4.31. The van der Waals surface area contributed by atoms with Crippen molar-refractivity contribution in [3.05, 3.63) is 49.1 Å². The molecule has 3 heterocycles. The first kappa shape index (κ1) is 93.0. The van der Waals surface area contributed by atoms with E-state index in [2.05, 4.69) is 98.3 Å². The third-order valence-corrected chi connectivity index (χ3v) is 6.05. The Labute approximate surface area is 486 Å². The van der Waals surface area contributed by atoms with E-state index in [-0.39, 0.29) is 23.7 Å². The van der Waals surface area contributed by atoms with E-state index in [1.54, 1.807) is 94.6 Å². The van der Waals surface area contributed by atoms with Gasteiger partial charge in [-0.05, 0) is 116 Å². The molecule has 0 spiro atoms. The van der Waals surface area contributed by atoms with Crippen molar-refractivity contribution < 1.29 is 43.6 Å². The molecule has 3 aromatic heterocycles. The lowest BCUT2D eigenvalue weighted by Gasteiger charge is -2.01. The number of rotatable bonds is 7. The van der Waals surface area contributed by atoms with Gasteiger partial charge in [0.1, 0.15) is 48.6 Å². The summed E-state index contributed by atoms with van der Waals surface area (Å²) >= 11 is 0. The summed E-state index contributed by atoms with van der Waals surface area (Å²) in [4.78, 5) is 34.6. The topological polar surface area (TPSA) is 477 Å². The molecule has 0 bridgehead atoms. The van der Waals surface area contributed by atoms with E-state index >= 15 is 0 Å². The second-order valence-electron chi connectivity index (χ2n) is 15.0. The van der Waals surface area contributed by atoms with E-state index in [0.29, 0.717) is 23.9 Å². The molecule has 0 aliphatic carbocycles. The van der Waals surface area contributed by atoms with Crippen LogP contribution < -0.4 is 60.4 Å². The van der Waals surface area contributed by atoms with Crippen molar-refractivity contribution in [2.45, 2.75) is 110 Å². The number of aromatic nitrogens is 7. The Morgan fingerprint density at radius 1 is 0.747 bits per heavy atom. The number of aliphatic imine (C=N–C) groups is 3. The number of amides is 4. The molecule has 3 aromatic rings. The van der Waals surface area contributed by atoms with Gasteiger partial charge in [0, 0.05) is 110 Å². The average Bonchev–Trinajstić information content (AvgIpc) is 4.25. The Morgan fingerprint density at radius 2 is 1.23 bits per heavy atom. The maximum atomic E-state index is 11.3. The number of hydrogen-bond donors (Lipinski definition) is 15. The fraction of sp³-hybridized carbons (Fsp3) is 0.565. The first-order valence-electron chi connectivity index (χ1n) is 24.1. The van der Waals surface area contributed by atoms with Crippen LogP contribution in [0.3, 0.4) is 0 Å². The van der Waals surface area contributed by atoms with Crippen LogP contribution in [0.4, 0.5) is 22.8 Å². The minimum absolute atomic E-state index is 0.155. The van der Waals surface area contributed by atoms with Crippen molar-refractivity contribution in [1.82, 2.24) is 83.1 Å². The number of nitrogens with zero attached hydrogens (tertiary/aromatic N) is 17. The number of aryl methyl sites for hydroxylation is 3. The molecule has 0 fully saturated rings. The fourth-order valence-corrected chi connectivity index (χ4v) is 2.51. The van der Waals surface area contributed by atoms with Crippen molar-refractivity contribution in [1.29, 1.82) is 5.26 Å². The Balaban J connectivity index is -0.000000103. The molecule has 0 saturated carbocycles. The fourth-order valence-electron chi connectivity index (χ4n) is 2.51. The molecule has 83 heavy (non-hydrogen) atoms. The van der Waals surface area contributed by atoms with E-state index in [1.165, 1.54) is 46.0 Å². The van der Waals surface area contributed by atoms with Gasteiger partial charge in [0.05, 0.1) is 0 Å². The van der Waals surface area contributed by atoms with E-state index < -0.39 is 12.7 Å². The molecule has 0 radical (unpaired) electrons. The second kappa shape index (κ2) is 70.7. The summed E-state index contributed by atoms with van der Waals surface area (Å²) in [6.45, 7) is 27.2. The van der Waals surface area contributed by atoms with Gasteiger partial charge in [-0.25, -0.2) is 25.4 Å². The van der Waals surface area contributed by atoms with Crippen LogP contribution in [0.25, 0.3) is 0 Å². The van der Waals surface area contributed by atoms with Gasteiger partial charge in [0.25, 0.3) is 0 Å². The van der Waals surface area contributed by atoms with Crippen LogP contribution in [0.1, 0.15) is 110 Å². The van der Waals surface area contributed by atoms with Gasteiger partial charge >= 0.3 is 18.2 Å². The van der Waals surface area contributed by atoms with Crippen molar-refractivity contribution in [2.75, 3.05) is 47.8 Å². The predicted octanol–water partition coefficient (Wildman–Crippen LogP) is 3.81. The van der Waals surface area contributed by atoms with Crippen LogP contribution in [-0.4, -0.2) is 174 Å². The highest BCUT2D eigenvalue weighted by atomic mass is 19.4. The molecule has 17 N–H and O–H groups in total. The van der Waals surface area contributed by atoms with Crippen molar-refractivity contribution in [3.8, 4) is 6.07 Å². The third-order valence-electron chi connectivity index (χ3n) is 6.05. The van der Waals surface area contributed by atoms with Gasteiger partial charge in [-0.1, -0.05) is 5.16 Å². The number of alkyl halides is 3. The number of amidine groups is 4. The molecule has 34 nitrogen and oxygen atoms in total. The van der Waals surface area contributed by atoms with Gasteiger partial charge < -0.3 is 38.3 Å². The molecule has 478 valence electrons. The lowest BCUT2D eigenvalue weighted by molar-refractivity contribution is -0.118. The maximum absolute atomic E-state index is 11.3. The highest BCUT2D eigenvalue weighted by Gasteiger charge is 2.26. The monoisotopic (exact) mass is 1190 g/mol. The summed E-state index contributed by atoms with van der Waals surface area (Å²) in [6, 6.07) is 4.87. The quantitative estimate of drug-likeness (QED) is 0.0526. The highest BCUT2D eigenvalue weighted by Crippen LogP contribution is 2.14. The number of hydrazone groups is 5. The molecule has 0 aliphatic rings. The smallest absolute Gasteiger partial charge is 0.408 e. The lowest BCUT2D eigenvalue weighted by atomic mass is 10.5. The Kier molecular flexibility index (Phi) is 79.3. The Hall–Kier alpha value is -9.31. The minimum Gasteiger partial charge on any atom is -0.409 e. The van der Waals surface area contributed by atoms with Crippen molar-refractivity contribution >= 4 is 64.5 Å². The van der Waals surface area contributed by atoms with Crippen LogP contribution in [0.5, 0.6) is 0 Å². The second-order valence-corrected chi connectivity index (χ2v) is 15.0. The standard InChI is InChI=1S/C5H11N3O.C5H5N3.C5H12N2.C4H7F3N2O.C4H9N3O.C4H10N2O.C4H6N2.C4H10N2.C3H5N3.C3H8N2O.C3H8N2.C2H6N2O/c1-4(2)7-8-5(9)6-3;1-8-3-2-5(4-6)7-8;1-4-6-7-5(2)3;1-3(9-10)8-2-4(5,6)7;1-3-6-7-4(8)5-2;1-3-5-4(2)6-7;1-6-4-2-3-5-6;1-4(2)6-5-3;1-6-3-4-2-5-6;1-3(4-2)5-6;1-3(2)5-4;1-2(3)4-5/h1-3H3,(H2,6,8,9);2-3H,1H3;6H,4H2,1-3H3;10H,2H2,1H3,(H,8,9);3H,1-2H3,(H2,5,7,8);7H,3H2,1-2H3,(H,5,6);2-4H,1H3;5H,1-3H3;2-3H,1H3;6H,1-2H3,(H,4,5);4H2,1-2H3;5H,1H3,(H2,3,4)/b;;;;6-3+;;;;;;;. The SMILES string of the molecule is C/C(N)=N/O.C/C=N/NC(=O)NC.CC(=NCC(F)(F)F)NO.CC(C)=NN.CCN=C(C)NO.CCNN=C(C)C.CN=C(C)NO.CNC(=O)NN=C(C)C.CNN=C(C)C.Cn1ccc(C#N)n1.Cn1cccn1.Cn1cncn1. The first-order valence-corrected chi connectivity index (χ1v) is 24.1. The molecular weight excluding hydrogens is 1100 g/mol. The molecule has 3 rings (SSSR count). The van der Waals surface area contributed by atoms with Crippen LogP contribution >= 0.6 is 0 Å². The van der Waals surface area contributed by atoms with Gasteiger partial charge in [-0.15, -0.1) is 0 Å². The van der Waals surface area contributed by atoms with E-state index in [0.717, 1.165) is 29.4 Å². The van der Waals surface area contributed by atoms with Crippen molar-refractivity contribution in [3.63, 3.8) is 0 Å². The van der Waals surface area contributed by atoms with Crippen LogP contribution in [-0.2, 0) is 21.1 Å². The lowest BCUT2D eigenvalue weighted by Crippen LogP contribution is -2.29. The first-order chi connectivity index (χ1) is 38.7. The number of oxime groups is 1.